The third-order valence-electron chi connectivity index (χ3n) is 2.62. The molecule has 0 saturated heterocycles. The molecule has 0 atom stereocenters. The first-order valence-electron chi connectivity index (χ1n) is 6.39. The van der Waals surface area contributed by atoms with Crippen LogP contribution in [0.15, 0.2) is 40.1 Å². The lowest BCUT2D eigenvalue weighted by Gasteiger charge is -2.06. The Balaban J connectivity index is 0.000000956. The number of nitrogens with zero attached hydrogens (tertiary/aromatic N) is 2. The van der Waals surface area contributed by atoms with Crippen molar-refractivity contribution in [3.8, 4) is 6.07 Å². The number of aromatic amines is 1. The van der Waals surface area contributed by atoms with E-state index in [2.05, 4.69) is 4.98 Å². The van der Waals surface area contributed by atoms with Crippen LogP contribution < -0.4 is 11.2 Å². The van der Waals surface area contributed by atoms with Crippen molar-refractivity contribution in [2.75, 3.05) is 0 Å². The summed E-state index contributed by atoms with van der Waals surface area (Å²) in [6.07, 6.45) is 1.53. The van der Waals surface area contributed by atoms with Gasteiger partial charge in [0.2, 0.25) is 0 Å². The molecule has 2 rings (SSSR count). The van der Waals surface area contributed by atoms with Crippen molar-refractivity contribution in [1.82, 2.24) is 9.55 Å². The van der Waals surface area contributed by atoms with E-state index in [1.165, 1.54) is 10.8 Å². The Morgan fingerprint density at radius 3 is 2.35 bits per heavy atom. The van der Waals surface area contributed by atoms with Gasteiger partial charge in [0.05, 0.1) is 18.2 Å². The standard InChI is InChI=1S/C13H11N3O2.C2H6/c1-9-7-16(13(18)15-12(9)17)8-11-4-2-10(6-14)3-5-11;1-2/h2-5,7H,8H2,1H3,(H,15,17,18);1-2H3. The van der Waals surface area contributed by atoms with Gasteiger partial charge < -0.3 is 0 Å². The van der Waals surface area contributed by atoms with E-state index in [-0.39, 0.29) is 5.56 Å². The first-order valence-corrected chi connectivity index (χ1v) is 6.39. The normalized spacial score (nSPS) is 9.30. The molecule has 5 heteroatoms. The van der Waals surface area contributed by atoms with Crippen LogP contribution in [-0.4, -0.2) is 9.55 Å². The number of hydrogen-bond donors (Lipinski definition) is 1. The van der Waals surface area contributed by atoms with Gasteiger partial charge in [-0.3, -0.25) is 14.3 Å². The maximum absolute atomic E-state index is 11.6. The molecule has 20 heavy (non-hydrogen) atoms. The second-order valence-electron chi connectivity index (χ2n) is 4.01. The van der Waals surface area contributed by atoms with Crippen molar-refractivity contribution >= 4 is 0 Å². The third kappa shape index (κ3) is 3.69. The molecular weight excluding hydrogens is 254 g/mol. The van der Waals surface area contributed by atoms with Crippen molar-refractivity contribution in [3.05, 3.63) is 68.0 Å². The van der Waals surface area contributed by atoms with E-state index in [1.807, 2.05) is 19.9 Å². The average Bonchev–Trinajstić information content (AvgIpc) is 2.47. The molecule has 1 aromatic carbocycles. The number of hydrogen-bond acceptors (Lipinski definition) is 3. The summed E-state index contributed by atoms with van der Waals surface area (Å²) in [6, 6.07) is 8.98. The third-order valence-corrected chi connectivity index (χ3v) is 2.62. The molecule has 0 amide bonds. The molecule has 0 aliphatic heterocycles. The highest BCUT2D eigenvalue weighted by Crippen LogP contribution is 2.04. The predicted octanol–water partition coefficient (Wildman–Crippen LogP) is 1.79. The quantitative estimate of drug-likeness (QED) is 0.904. The van der Waals surface area contributed by atoms with E-state index in [9.17, 15) is 9.59 Å². The van der Waals surface area contributed by atoms with Crippen LogP contribution in [0.4, 0.5) is 0 Å². The number of nitriles is 1. The molecule has 1 aromatic heterocycles. The lowest BCUT2D eigenvalue weighted by Crippen LogP contribution is -2.31. The summed E-state index contributed by atoms with van der Waals surface area (Å²) in [5.74, 6) is 0. The van der Waals surface area contributed by atoms with Crippen LogP contribution >= 0.6 is 0 Å². The fourth-order valence-electron chi connectivity index (χ4n) is 1.62. The number of rotatable bonds is 2. The summed E-state index contributed by atoms with van der Waals surface area (Å²) in [5, 5.41) is 8.68. The first-order chi connectivity index (χ1) is 9.60. The van der Waals surface area contributed by atoms with Crippen LogP contribution in [0.3, 0.4) is 0 Å². The van der Waals surface area contributed by atoms with E-state index < -0.39 is 5.69 Å². The smallest absolute Gasteiger partial charge is 0.296 e. The first kappa shape index (κ1) is 15.4. The Morgan fingerprint density at radius 2 is 1.80 bits per heavy atom. The second-order valence-corrected chi connectivity index (χ2v) is 4.01. The van der Waals surface area contributed by atoms with Crippen molar-refractivity contribution in [1.29, 1.82) is 5.26 Å². The second kappa shape index (κ2) is 7.10. The summed E-state index contributed by atoms with van der Waals surface area (Å²) >= 11 is 0. The van der Waals surface area contributed by atoms with Gasteiger partial charge in [0.1, 0.15) is 0 Å². The average molecular weight is 271 g/mol. The van der Waals surface area contributed by atoms with Crippen LogP contribution in [0, 0.1) is 18.3 Å². The molecule has 0 aliphatic rings. The van der Waals surface area contributed by atoms with Gasteiger partial charge in [0, 0.05) is 11.8 Å². The Bertz CT molecular complexity index is 719. The summed E-state index contributed by atoms with van der Waals surface area (Å²) in [6.45, 7) is 6.01. The van der Waals surface area contributed by atoms with Crippen LogP contribution in [0.2, 0.25) is 0 Å². The topological polar surface area (TPSA) is 78.7 Å². The highest BCUT2D eigenvalue weighted by molar-refractivity contribution is 5.31. The van der Waals surface area contributed by atoms with Crippen molar-refractivity contribution in [3.63, 3.8) is 0 Å². The zero-order valence-corrected chi connectivity index (χ0v) is 11.8. The number of nitrogens with one attached hydrogen (secondary N) is 1. The van der Waals surface area contributed by atoms with Crippen LogP contribution in [0.1, 0.15) is 30.5 Å². The minimum absolute atomic E-state index is 0.363. The zero-order valence-electron chi connectivity index (χ0n) is 11.8. The Hall–Kier alpha value is -2.61. The van der Waals surface area contributed by atoms with Gasteiger partial charge in [0.25, 0.3) is 5.56 Å². The maximum Gasteiger partial charge on any atom is 0.328 e. The molecule has 0 bridgehead atoms. The number of aryl methyl sites for hydroxylation is 1. The predicted molar refractivity (Wildman–Crippen MR) is 77.7 cm³/mol. The number of H-pyrrole nitrogens is 1. The van der Waals surface area contributed by atoms with Gasteiger partial charge in [-0.2, -0.15) is 5.26 Å². The molecule has 0 fully saturated rings. The van der Waals surface area contributed by atoms with Crippen molar-refractivity contribution in [2.24, 2.45) is 0 Å². The monoisotopic (exact) mass is 271 g/mol. The van der Waals surface area contributed by atoms with Gasteiger partial charge in [-0.1, -0.05) is 26.0 Å². The molecule has 0 spiro atoms. The molecule has 0 aliphatic carbocycles. The van der Waals surface area contributed by atoms with Gasteiger partial charge in [-0.25, -0.2) is 4.79 Å². The molecule has 0 unspecified atom stereocenters. The summed E-state index contributed by atoms with van der Waals surface area (Å²) < 4.78 is 1.43. The van der Waals surface area contributed by atoms with Gasteiger partial charge in [-0.15, -0.1) is 0 Å². The molecule has 0 saturated carbocycles. The summed E-state index contributed by atoms with van der Waals surface area (Å²) in [7, 11) is 0. The van der Waals surface area contributed by atoms with E-state index >= 15 is 0 Å². The van der Waals surface area contributed by atoms with E-state index in [0.29, 0.717) is 17.7 Å². The largest absolute Gasteiger partial charge is 0.328 e. The van der Waals surface area contributed by atoms with Crippen LogP contribution in [-0.2, 0) is 6.54 Å². The SMILES string of the molecule is CC.Cc1cn(Cc2ccc(C#N)cc2)c(=O)[nH]c1=O. The molecular formula is C15H17N3O2. The Kier molecular flexibility index (Phi) is 5.48. The maximum atomic E-state index is 11.6. The molecule has 2 aromatic rings. The molecule has 0 radical (unpaired) electrons. The highest BCUT2D eigenvalue weighted by Gasteiger charge is 2.02. The minimum atomic E-state index is -0.435. The fourth-order valence-corrected chi connectivity index (χ4v) is 1.62. The van der Waals surface area contributed by atoms with Crippen LogP contribution in [0.25, 0.3) is 0 Å². The summed E-state index contributed by atoms with van der Waals surface area (Å²) in [5.41, 5.74) is 1.15. The van der Waals surface area contributed by atoms with Gasteiger partial charge in [-0.05, 0) is 24.6 Å². The molecule has 1 heterocycles. The van der Waals surface area contributed by atoms with E-state index in [4.69, 9.17) is 5.26 Å². The van der Waals surface area contributed by atoms with Crippen molar-refractivity contribution < 1.29 is 0 Å². The Labute approximate surface area is 117 Å². The molecule has 1 N–H and O–H groups in total. The molecule has 5 nitrogen and oxygen atoms in total. The Morgan fingerprint density at radius 1 is 1.20 bits per heavy atom. The summed E-state index contributed by atoms with van der Waals surface area (Å²) in [4.78, 5) is 25.0. The molecule has 104 valence electrons. The van der Waals surface area contributed by atoms with Gasteiger partial charge >= 0.3 is 5.69 Å². The number of aromatic nitrogens is 2. The van der Waals surface area contributed by atoms with E-state index in [1.54, 1.807) is 31.2 Å². The van der Waals surface area contributed by atoms with Crippen molar-refractivity contribution in [2.45, 2.75) is 27.3 Å². The fraction of sp³-hybridized carbons (Fsp3) is 0.267. The minimum Gasteiger partial charge on any atom is -0.296 e. The zero-order chi connectivity index (χ0) is 15.1. The lowest BCUT2D eigenvalue weighted by molar-refractivity contribution is 0.713. The lowest BCUT2D eigenvalue weighted by atomic mass is 10.1. The highest BCUT2D eigenvalue weighted by atomic mass is 16.2. The van der Waals surface area contributed by atoms with Crippen LogP contribution in [0.5, 0.6) is 0 Å². The van der Waals surface area contributed by atoms with Gasteiger partial charge in [0.15, 0.2) is 0 Å². The van der Waals surface area contributed by atoms with E-state index in [0.717, 1.165) is 5.56 Å². The number of benzene rings is 1.